The van der Waals surface area contributed by atoms with E-state index in [9.17, 15) is 0 Å². The fraction of sp³-hybridized carbons (Fsp3) is 0.0588. The molecule has 0 atom stereocenters. The number of para-hydroxylation sites is 1. The first-order valence-electron chi connectivity index (χ1n) is 18.3. The third-order valence-corrected chi connectivity index (χ3v) is 12.3. The van der Waals surface area contributed by atoms with Crippen LogP contribution < -0.4 is 4.90 Å². The Labute approximate surface area is 315 Å². The van der Waals surface area contributed by atoms with E-state index in [1.165, 1.54) is 75.8 Å². The van der Waals surface area contributed by atoms with Gasteiger partial charge in [0.15, 0.2) is 0 Å². The topological polar surface area (TPSA) is 3.24 Å². The van der Waals surface area contributed by atoms with E-state index < -0.39 is 0 Å². The van der Waals surface area contributed by atoms with Crippen LogP contribution in [0.5, 0.6) is 0 Å². The van der Waals surface area contributed by atoms with Crippen molar-refractivity contribution in [1.82, 2.24) is 0 Å². The van der Waals surface area contributed by atoms with Crippen LogP contribution in [0.15, 0.2) is 188 Å². The predicted molar refractivity (Wildman–Crippen MR) is 228 cm³/mol. The molecule has 0 spiro atoms. The van der Waals surface area contributed by atoms with Crippen LogP contribution in [0.1, 0.15) is 25.0 Å². The first-order chi connectivity index (χ1) is 26.0. The summed E-state index contributed by atoms with van der Waals surface area (Å²) in [6.45, 7) is 4.72. The van der Waals surface area contributed by atoms with Gasteiger partial charge in [0.2, 0.25) is 0 Å². The van der Waals surface area contributed by atoms with E-state index in [2.05, 4.69) is 207 Å². The lowest BCUT2D eigenvalue weighted by molar-refractivity contribution is 0.660. The van der Waals surface area contributed by atoms with Gasteiger partial charge in [-0.3, -0.25) is 0 Å². The summed E-state index contributed by atoms with van der Waals surface area (Å²) >= 11 is 1.86. The van der Waals surface area contributed by atoms with Gasteiger partial charge in [-0.2, -0.15) is 0 Å². The van der Waals surface area contributed by atoms with Crippen molar-refractivity contribution in [3.05, 3.63) is 199 Å². The standard InChI is InChI=1S/C51H37NS/c1-51(2)45-19-9-6-17-43(45)50-42(18-12-20-46(50)51)40-15-7-10-21-47(40)52(39-31-32-49-44(33-39)41-16-8-11-22-48(41)53-49)38-29-27-37(28-30-38)36-25-23-35(24-26-36)34-13-4-3-5-14-34/h3-33H,1-2H3. The summed E-state index contributed by atoms with van der Waals surface area (Å²) in [6.07, 6.45) is 0. The highest BCUT2D eigenvalue weighted by Gasteiger charge is 2.37. The van der Waals surface area contributed by atoms with Gasteiger partial charge in [-0.05, 0) is 92.5 Å². The van der Waals surface area contributed by atoms with Crippen molar-refractivity contribution in [2.75, 3.05) is 4.90 Å². The Morgan fingerprint density at radius 3 is 1.72 bits per heavy atom. The molecule has 2 heteroatoms. The molecule has 53 heavy (non-hydrogen) atoms. The molecule has 0 aliphatic heterocycles. The van der Waals surface area contributed by atoms with Gasteiger partial charge >= 0.3 is 0 Å². The van der Waals surface area contributed by atoms with E-state index in [0.29, 0.717) is 0 Å². The molecule has 0 radical (unpaired) electrons. The third kappa shape index (κ3) is 5.21. The number of anilines is 3. The minimum absolute atomic E-state index is 0.0727. The fourth-order valence-corrected chi connectivity index (χ4v) is 9.53. The van der Waals surface area contributed by atoms with E-state index in [-0.39, 0.29) is 5.41 Å². The van der Waals surface area contributed by atoms with Crippen LogP contribution in [0.4, 0.5) is 17.1 Å². The maximum atomic E-state index is 2.45. The number of hydrogen-bond acceptors (Lipinski definition) is 2. The van der Waals surface area contributed by atoms with E-state index in [0.717, 1.165) is 17.1 Å². The van der Waals surface area contributed by atoms with Crippen LogP contribution in [0.3, 0.4) is 0 Å². The maximum absolute atomic E-state index is 2.45. The molecule has 1 nitrogen and oxygen atoms in total. The summed E-state index contributed by atoms with van der Waals surface area (Å²) in [5.41, 5.74) is 16.1. The van der Waals surface area contributed by atoms with Crippen molar-refractivity contribution >= 4 is 48.6 Å². The second kappa shape index (κ2) is 12.5. The van der Waals surface area contributed by atoms with Gasteiger partial charge in [-0.1, -0.05) is 159 Å². The molecule has 8 aromatic carbocycles. The maximum Gasteiger partial charge on any atom is 0.0540 e. The zero-order valence-electron chi connectivity index (χ0n) is 29.8. The predicted octanol–water partition coefficient (Wildman–Crippen LogP) is 14.8. The molecule has 1 aromatic heterocycles. The van der Waals surface area contributed by atoms with Gasteiger partial charge in [-0.15, -0.1) is 11.3 Å². The van der Waals surface area contributed by atoms with Crippen LogP contribution >= 0.6 is 11.3 Å². The number of fused-ring (bicyclic) bond motifs is 6. The Balaban J connectivity index is 1.14. The Morgan fingerprint density at radius 1 is 0.396 bits per heavy atom. The first-order valence-corrected chi connectivity index (χ1v) is 19.2. The lowest BCUT2D eigenvalue weighted by Gasteiger charge is -2.29. The Bertz CT molecular complexity index is 2790. The summed E-state index contributed by atoms with van der Waals surface area (Å²) in [6, 6.07) is 69.1. The fourth-order valence-electron chi connectivity index (χ4n) is 8.44. The average Bonchev–Trinajstić information content (AvgIpc) is 3.70. The number of nitrogens with zero attached hydrogens (tertiary/aromatic N) is 1. The molecule has 0 fully saturated rings. The molecule has 0 unspecified atom stereocenters. The Morgan fingerprint density at radius 2 is 0.943 bits per heavy atom. The summed E-state index contributed by atoms with van der Waals surface area (Å²) in [4.78, 5) is 2.45. The highest BCUT2D eigenvalue weighted by molar-refractivity contribution is 7.25. The second-order valence-electron chi connectivity index (χ2n) is 14.5. The molecule has 0 bridgehead atoms. The Hall–Kier alpha value is -6.22. The molecule has 1 aliphatic rings. The van der Waals surface area contributed by atoms with Crippen LogP contribution in [0.25, 0.3) is 64.7 Å². The van der Waals surface area contributed by atoms with Crippen LogP contribution in [0.2, 0.25) is 0 Å². The largest absolute Gasteiger partial charge is 0.310 e. The number of hydrogen-bond donors (Lipinski definition) is 0. The smallest absolute Gasteiger partial charge is 0.0540 e. The monoisotopic (exact) mass is 695 g/mol. The van der Waals surface area contributed by atoms with Crippen molar-refractivity contribution in [2.24, 2.45) is 0 Å². The lowest BCUT2D eigenvalue weighted by atomic mass is 9.82. The molecule has 0 saturated carbocycles. The summed E-state index contributed by atoms with van der Waals surface area (Å²) < 4.78 is 2.62. The molecule has 0 amide bonds. The molecule has 10 rings (SSSR count). The quantitative estimate of drug-likeness (QED) is 0.167. The first kappa shape index (κ1) is 31.5. The number of thiophene rings is 1. The van der Waals surface area contributed by atoms with Gasteiger partial charge in [0, 0.05) is 42.5 Å². The van der Waals surface area contributed by atoms with Gasteiger partial charge in [0.05, 0.1) is 5.69 Å². The van der Waals surface area contributed by atoms with E-state index >= 15 is 0 Å². The SMILES string of the molecule is CC1(C)c2ccccc2-c2c(-c3ccccc3N(c3ccc(-c4ccc(-c5ccccc5)cc4)cc3)c3ccc4sc5ccccc5c4c3)cccc21. The summed E-state index contributed by atoms with van der Waals surface area (Å²) in [5.74, 6) is 0. The van der Waals surface area contributed by atoms with Gasteiger partial charge in [-0.25, -0.2) is 0 Å². The molecular formula is C51H37NS. The number of benzene rings is 8. The molecule has 252 valence electrons. The van der Waals surface area contributed by atoms with Crippen molar-refractivity contribution in [2.45, 2.75) is 19.3 Å². The number of rotatable bonds is 6. The van der Waals surface area contributed by atoms with Crippen molar-refractivity contribution in [1.29, 1.82) is 0 Å². The van der Waals surface area contributed by atoms with E-state index in [1.807, 2.05) is 11.3 Å². The molecule has 0 saturated heterocycles. The van der Waals surface area contributed by atoms with Crippen LogP contribution in [-0.4, -0.2) is 0 Å². The van der Waals surface area contributed by atoms with Gasteiger partial charge in [0.1, 0.15) is 0 Å². The van der Waals surface area contributed by atoms with Crippen LogP contribution in [-0.2, 0) is 5.41 Å². The molecule has 0 N–H and O–H groups in total. The Kier molecular flexibility index (Phi) is 7.42. The second-order valence-corrected chi connectivity index (χ2v) is 15.6. The third-order valence-electron chi connectivity index (χ3n) is 11.1. The molecule has 1 heterocycles. The zero-order valence-corrected chi connectivity index (χ0v) is 30.6. The highest BCUT2D eigenvalue weighted by atomic mass is 32.1. The van der Waals surface area contributed by atoms with Gasteiger partial charge < -0.3 is 4.90 Å². The minimum Gasteiger partial charge on any atom is -0.310 e. The van der Waals surface area contributed by atoms with E-state index in [4.69, 9.17) is 0 Å². The summed E-state index contributed by atoms with van der Waals surface area (Å²) in [7, 11) is 0. The highest BCUT2D eigenvalue weighted by Crippen LogP contribution is 2.54. The zero-order chi connectivity index (χ0) is 35.5. The normalized spacial score (nSPS) is 12.9. The van der Waals surface area contributed by atoms with Gasteiger partial charge in [0.25, 0.3) is 0 Å². The minimum atomic E-state index is -0.0727. The van der Waals surface area contributed by atoms with E-state index in [1.54, 1.807) is 0 Å². The molecular weight excluding hydrogens is 659 g/mol. The lowest BCUT2D eigenvalue weighted by Crippen LogP contribution is -2.14. The van der Waals surface area contributed by atoms with Crippen LogP contribution in [0, 0.1) is 0 Å². The molecule has 1 aliphatic carbocycles. The molecule has 9 aromatic rings. The summed E-state index contributed by atoms with van der Waals surface area (Å²) in [5, 5.41) is 2.59. The van der Waals surface area contributed by atoms with Crippen molar-refractivity contribution in [3.8, 4) is 44.5 Å². The van der Waals surface area contributed by atoms with Crippen molar-refractivity contribution in [3.63, 3.8) is 0 Å². The average molecular weight is 696 g/mol. The van der Waals surface area contributed by atoms with Crippen molar-refractivity contribution < 1.29 is 0 Å².